The van der Waals surface area contributed by atoms with Crippen LogP contribution < -0.4 is 0 Å². The number of carbonyl (C=O) groups excluding carboxylic acids is 1. The third kappa shape index (κ3) is 2.82. The molecule has 1 fully saturated rings. The van der Waals surface area contributed by atoms with Crippen molar-refractivity contribution in [2.45, 2.75) is 0 Å². The summed E-state index contributed by atoms with van der Waals surface area (Å²) >= 11 is 0. The molecule has 80 valence electrons. The summed E-state index contributed by atoms with van der Waals surface area (Å²) in [7, 11) is 3.49. The number of esters is 1. The van der Waals surface area contributed by atoms with E-state index in [-0.39, 0.29) is 5.97 Å². The standard InChI is InChI=1S/C10H18NO3/c1-9(10(12)13-3)8-11(2)4-6-14-7-5-11/h1,4-8H2,2-3H3/q+1. The summed E-state index contributed by atoms with van der Waals surface area (Å²) in [6.45, 7) is 7.75. The molecule has 0 amide bonds. The highest BCUT2D eigenvalue weighted by atomic mass is 16.5. The van der Waals surface area contributed by atoms with Crippen molar-refractivity contribution in [3.63, 3.8) is 0 Å². The molecule has 1 aliphatic rings. The Labute approximate surface area is 84.7 Å². The van der Waals surface area contributed by atoms with E-state index in [0.29, 0.717) is 12.1 Å². The summed E-state index contributed by atoms with van der Waals surface area (Å²) in [6.07, 6.45) is 0. The fraction of sp³-hybridized carbons (Fsp3) is 0.700. The quantitative estimate of drug-likeness (QED) is 0.371. The van der Waals surface area contributed by atoms with Crippen molar-refractivity contribution in [3.05, 3.63) is 12.2 Å². The van der Waals surface area contributed by atoms with E-state index in [1.54, 1.807) is 0 Å². The summed E-state index contributed by atoms with van der Waals surface area (Å²) in [5.41, 5.74) is 0.539. The molecule has 1 heterocycles. The van der Waals surface area contributed by atoms with Crippen molar-refractivity contribution in [2.75, 3.05) is 47.0 Å². The van der Waals surface area contributed by atoms with Gasteiger partial charge < -0.3 is 14.0 Å². The Balaban J connectivity index is 2.49. The normalized spacial score (nSPS) is 20.1. The van der Waals surface area contributed by atoms with Gasteiger partial charge in [0.2, 0.25) is 0 Å². The Kier molecular flexibility index (Phi) is 3.66. The van der Waals surface area contributed by atoms with Crippen molar-refractivity contribution >= 4 is 5.97 Å². The average Bonchev–Trinajstić information content (AvgIpc) is 2.17. The van der Waals surface area contributed by atoms with Crippen LogP contribution in [0.3, 0.4) is 0 Å². The van der Waals surface area contributed by atoms with Gasteiger partial charge in [-0.15, -0.1) is 0 Å². The summed E-state index contributed by atoms with van der Waals surface area (Å²) in [5.74, 6) is -0.309. The van der Waals surface area contributed by atoms with Gasteiger partial charge in [-0.25, -0.2) is 4.79 Å². The van der Waals surface area contributed by atoms with Crippen LogP contribution in [0, 0.1) is 0 Å². The van der Waals surface area contributed by atoms with Gasteiger partial charge in [0.1, 0.15) is 19.6 Å². The van der Waals surface area contributed by atoms with Gasteiger partial charge in [-0.2, -0.15) is 0 Å². The monoisotopic (exact) mass is 200 g/mol. The van der Waals surface area contributed by atoms with Crippen molar-refractivity contribution in [2.24, 2.45) is 0 Å². The lowest BCUT2D eigenvalue weighted by Crippen LogP contribution is -2.53. The molecule has 4 heteroatoms. The number of hydrogen-bond donors (Lipinski definition) is 0. The molecular weight excluding hydrogens is 182 g/mol. The number of carbonyl (C=O) groups is 1. The Bertz CT molecular complexity index is 232. The molecule has 1 saturated heterocycles. The molecule has 0 aromatic carbocycles. The summed E-state index contributed by atoms with van der Waals surface area (Å²) < 4.78 is 10.7. The first-order chi connectivity index (χ1) is 6.57. The van der Waals surface area contributed by atoms with Gasteiger partial charge >= 0.3 is 5.97 Å². The molecule has 0 bridgehead atoms. The molecule has 4 nitrogen and oxygen atoms in total. The van der Waals surface area contributed by atoms with Crippen LogP contribution in [0.5, 0.6) is 0 Å². The number of morpholine rings is 1. The molecule has 1 rings (SSSR count). The van der Waals surface area contributed by atoms with Crippen LogP contribution in [-0.4, -0.2) is 57.5 Å². The fourth-order valence-electron chi connectivity index (χ4n) is 1.61. The highest BCUT2D eigenvalue weighted by molar-refractivity contribution is 5.87. The van der Waals surface area contributed by atoms with E-state index in [4.69, 9.17) is 4.74 Å². The molecule has 0 saturated carbocycles. The summed E-state index contributed by atoms with van der Waals surface area (Å²) in [5, 5.41) is 0. The van der Waals surface area contributed by atoms with Crippen LogP contribution in [0.25, 0.3) is 0 Å². The third-order valence-electron chi connectivity index (χ3n) is 2.60. The number of nitrogens with zero attached hydrogens (tertiary/aromatic N) is 1. The first-order valence-electron chi connectivity index (χ1n) is 4.75. The molecule has 0 unspecified atom stereocenters. The molecule has 0 radical (unpaired) electrons. The predicted molar refractivity (Wildman–Crippen MR) is 52.8 cm³/mol. The maximum atomic E-state index is 11.2. The molecule has 0 spiro atoms. The van der Waals surface area contributed by atoms with Gasteiger partial charge in [0.05, 0.1) is 32.9 Å². The molecular formula is C10H18NO3+. The molecule has 0 aromatic rings. The minimum atomic E-state index is -0.309. The van der Waals surface area contributed by atoms with Crippen LogP contribution in [0.1, 0.15) is 0 Å². The number of quaternary nitrogens is 1. The minimum absolute atomic E-state index is 0.309. The maximum Gasteiger partial charge on any atom is 0.338 e. The fourth-order valence-corrected chi connectivity index (χ4v) is 1.61. The zero-order chi connectivity index (χ0) is 10.6. The topological polar surface area (TPSA) is 35.5 Å². The first kappa shape index (κ1) is 11.2. The van der Waals surface area contributed by atoms with Crippen molar-refractivity contribution in [1.82, 2.24) is 0 Å². The van der Waals surface area contributed by atoms with Crippen LogP contribution >= 0.6 is 0 Å². The molecule has 0 atom stereocenters. The van der Waals surface area contributed by atoms with Gasteiger partial charge in [-0.05, 0) is 0 Å². The lowest BCUT2D eigenvalue weighted by atomic mass is 10.2. The number of rotatable bonds is 3. The first-order valence-corrected chi connectivity index (χ1v) is 4.75. The highest BCUT2D eigenvalue weighted by Crippen LogP contribution is 2.11. The van der Waals surface area contributed by atoms with Crippen LogP contribution in [0.4, 0.5) is 0 Å². The predicted octanol–water partition coefficient (Wildman–Crippen LogP) is 0.192. The molecule has 0 aliphatic carbocycles. The Hall–Kier alpha value is -0.870. The largest absolute Gasteiger partial charge is 0.466 e. The maximum absolute atomic E-state index is 11.2. The second-order valence-corrected chi connectivity index (χ2v) is 3.93. The van der Waals surface area contributed by atoms with Gasteiger partial charge in [0.25, 0.3) is 0 Å². The van der Waals surface area contributed by atoms with Gasteiger partial charge in [-0.3, -0.25) is 0 Å². The summed E-state index contributed by atoms with van der Waals surface area (Å²) in [4.78, 5) is 11.2. The summed E-state index contributed by atoms with van der Waals surface area (Å²) in [6, 6.07) is 0. The van der Waals surface area contributed by atoms with Gasteiger partial charge in [0, 0.05) is 0 Å². The number of likely N-dealkylation sites (N-methyl/N-ethyl adjacent to an activating group) is 1. The SMILES string of the molecule is C=C(C[N+]1(C)CCOCC1)C(=O)OC. The Morgan fingerprint density at radius 1 is 1.50 bits per heavy atom. The van der Waals surface area contributed by atoms with E-state index in [1.807, 2.05) is 0 Å². The van der Waals surface area contributed by atoms with E-state index in [0.717, 1.165) is 30.8 Å². The Morgan fingerprint density at radius 2 is 2.07 bits per heavy atom. The lowest BCUT2D eigenvalue weighted by Gasteiger charge is -2.37. The zero-order valence-corrected chi connectivity index (χ0v) is 8.91. The lowest BCUT2D eigenvalue weighted by molar-refractivity contribution is -0.912. The average molecular weight is 200 g/mol. The van der Waals surface area contributed by atoms with Gasteiger partial charge in [-0.1, -0.05) is 6.58 Å². The molecule has 14 heavy (non-hydrogen) atoms. The minimum Gasteiger partial charge on any atom is -0.466 e. The molecule has 0 aromatic heterocycles. The smallest absolute Gasteiger partial charge is 0.338 e. The second-order valence-electron chi connectivity index (χ2n) is 3.93. The van der Waals surface area contributed by atoms with Crippen molar-refractivity contribution in [3.8, 4) is 0 Å². The number of ether oxygens (including phenoxy) is 2. The van der Waals surface area contributed by atoms with E-state index in [9.17, 15) is 4.79 Å². The van der Waals surface area contributed by atoms with Gasteiger partial charge in [0.15, 0.2) is 0 Å². The van der Waals surface area contributed by atoms with Crippen molar-refractivity contribution < 1.29 is 18.8 Å². The molecule has 1 aliphatic heterocycles. The number of hydrogen-bond acceptors (Lipinski definition) is 3. The molecule has 0 N–H and O–H groups in total. The number of methoxy groups -OCH3 is 1. The van der Waals surface area contributed by atoms with Crippen LogP contribution in [0.2, 0.25) is 0 Å². The highest BCUT2D eigenvalue weighted by Gasteiger charge is 2.27. The van der Waals surface area contributed by atoms with Crippen LogP contribution in [-0.2, 0) is 14.3 Å². The Morgan fingerprint density at radius 3 is 2.57 bits per heavy atom. The van der Waals surface area contributed by atoms with E-state index >= 15 is 0 Å². The van der Waals surface area contributed by atoms with E-state index < -0.39 is 0 Å². The van der Waals surface area contributed by atoms with Crippen LogP contribution in [0.15, 0.2) is 12.2 Å². The van der Waals surface area contributed by atoms with E-state index in [1.165, 1.54) is 7.11 Å². The zero-order valence-electron chi connectivity index (χ0n) is 8.91. The second kappa shape index (κ2) is 4.57. The van der Waals surface area contributed by atoms with E-state index in [2.05, 4.69) is 18.4 Å². The van der Waals surface area contributed by atoms with Crippen molar-refractivity contribution in [1.29, 1.82) is 0 Å². The third-order valence-corrected chi connectivity index (χ3v) is 2.60.